The molecule has 0 radical (unpaired) electrons. The van der Waals surface area contributed by atoms with E-state index in [0.717, 1.165) is 24.0 Å². The van der Waals surface area contributed by atoms with Gasteiger partial charge >= 0.3 is 0 Å². The molecule has 2 aliphatic rings. The smallest absolute Gasteiger partial charge is 0.220 e. The summed E-state index contributed by atoms with van der Waals surface area (Å²) in [6.07, 6.45) is 2.77. The SMILES string of the molecule is COc1nc(-c2cccc(-c3cc(Cl)cc(-c4ccc(CNC[C@@H]5CCC(=O)N5)c(OC)n4)c3Cl)c2Cl)ccc1CNC[C@@H]1CCC(=O)N1. The fourth-order valence-corrected chi connectivity index (χ4v) is 7.04. The zero-order valence-electron chi connectivity index (χ0n) is 27.2. The third kappa shape index (κ3) is 8.11. The maximum atomic E-state index is 11.5. The number of amides is 2. The van der Waals surface area contributed by atoms with Crippen LogP contribution >= 0.6 is 34.8 Å². The average molecular weight is 724 g/mol. The van der Waals surface area contributed by atoms with Gasteiger partial charge in [-0.3, -0.25) is 9.59 Å². The minimum absolute atomic E-state index is 0.0878. The molecule has 4 aromatic rings. The van der Waals surface area contributed by atoms with E-state index in [1.165, 1.54) is 0 Å². The van der Waals surface area contributed by atoms with Gasteiger partial charge in [0.15, 0.2) is 0 Å². The number of hydrogen-bond donors (Lipinski definition) is 4. The summed E-state index contributed by atoms with van der Waals surface area (Å²) in [6, 6.07) is 17.2. The van der Waals surface area contributed by atoms with Crippen LogP contribution < -0.4 is 30.7 Å². The van der Waals surface area contributed by atoms with Gasteiger partial charge in [-0.1, -0.05) is 65.1 Å². The van der Waals surface area contributed by atoms with E-state index in [1.807, 2.05) is 42.5 Å². The van der Waals surface area contributed by atoms with E-state index in [0.29, 0.717) is 99.5 Å². The summed E-state index contributed by atoms with van der Waals surface area (Å²) in [4.78, 5) is 32.6. The van der Waals surface area contributed by atoms with Crippen molar-refractivity contribution >= 4 is 46.6 Å². The van der Waals surface area contributed by atoms with Gasteiger partial charge in [-0.05, 0) is 37.1 Å². The van der Waals surface area contributed by atoms with Crippen LogP contribution in [-0.4, -0.2) is 61.2 Å². The second-order valence-corrected chi connectivity index (χ2v) is 13.3. The Balaban J connectivity index is 1.23. The van der Waals surface area contributed by atoms with Crippen LogP contribution in [-0.2, 0) is 22.7 Å². The largest absolute Gasteiger partial charge is 0.481 e. The van der Waals surface area contributed by atoms with E-state index in [2.05, 4.69) is 21.3 Å². The molecule has 13 heteroatoms. The number of halogens is 3. The van der Waals surface area contributed by atoms with Gasteiger partial charge < -0.3 is 30.7 Å². The molecule has 2 aliphatic heterocycles. The maximum absolute atomic E-state index is 11.5. The summed E-state index contributed by atoms with van der Waals surface area (Å²) in [5.41, 5.74) is 5.66. The van der Waals surface area contributed by atoms with Gasteiger partial charge in [0.25, 0.3) is 0 Å². The van der Waals surface area contributed by atoms with Crippen molar-refractivity contribution in [3.8, 4) is 45.4 Å². The summed E-state index contributed by atoms with van der Waals surface area (Å²) in [5, 5.41) is 14.1. The first kappa shape index (κ1) is 34.9. The number of nitrogens with one attached hydrogen (secondary N) is 4. The van der Waals surface area contributed by atoms with Gasteiger partial charge in [-0.2, -0.15) is 0 Å². The quantitative estimate of drug-likeness (QED) is 0.129. The molecule has 0 bridgehead atoms. The van der Waals surface area contributed by atoms with Crippen LogP contribution in [0.1, 0.15) is 36.8 Å². The fourth-order valence-electron chi connectivity index (χ4n) is 6.19. The van der Waals surface area contributed by atoms with Crippen LogP contribution in [0.3, 0.4) is 0 Å². The second kappa shape index (κ2) is 15.7. The third-order valence-electron chi connectivity index (χ3n) is 8.73. The Kier molecular flexibility index (Phi) is 11.2. The molecular formula is C36H37Cl3N6O4. The van der Waals surface area contributed by atoms with Gasteiger partial charge in [-0.15, -0.1) is 0 Å². The minimum atomic E-state index is 0.0878. The molecule has 2 atom stereocenters. The number of pyridine rings is 2. The summed E-state index contributed by atoms with van der Waals surface area (Å²) in [5.74, 6) is 1.12. The highest BCUT2D eigenvalue weighted by molar-refractivity contribution is 6.40. The molecule has 0 spiro atoms. The lowest BCUT2D eigenvalue weighted by atomic mass is 9.98. The van der Waals surface area contributed by atoms with Crippen LogP contribution in [0.4, 0.5) is 0 Å². The first-order valence-electron chi connectivity index (χ1n) is 16.1. The lowest BCUT2D eigenvalue weighted by Crippen LogP contribution is -2.35. The van der Waals surface area contributed by atoms with E-state index in [1.54, 1.807) is 26.4 Å². The molecule has 4 heterocycles. The Morgan fingerprint density at radius 3 is 1.69 bits per heavy atom. The zero-order valence-corrected chi connectivity index (χ0v) is 29.4. The number of methoxy groups -OCH3 is 2. The van der Waals surface area contributed by atoms with Crippen molar-refractivity contribution in [2.75, 3.05) is 27.3 Å². The lowest BCUT2D eigenvalue weighted by molar-refractivity contribution is -0.120. The van der Waals surface area contributed by atoms with Gasteiger partial charge in [0.1, 0.15) is 0 Å². The van der Waals surface area contributed by atoms with Gasteiger partial charge in [0, 0.05) is 89.5 Å². The van der Waals surface area contributed by atoms with Crippen molar-refractivity contribution in [1.29, 1.82) is 0 Å². The molecule has 2 aromatic heterocycles. The topological polar surface area (TPSA) is 126 Å². The van der Waals surface area contributed by atoms with E-state index in [4.69, 9.17) is 54.2 Å². The molecule has 49 heavy (non-hydrogen) atoms. The van der Waals surface area contributed by atoms with Gasteiger partial charge in [0.05, 0.1) is 35.7 Å². The van der Waals surface area contributed by atoms with Gasteiger partial charge in [-0.25, -0.2) is 9.97 Å². The number of ether oxygens (including phenoxy) is 2. The molecule has 0 aliphatic carbocycles. The summed E-state index contributed by atoms with van der Waals surface area (Å²) >= 11 is 20.8. The van der Waals surface area contributed by atoms with E-state index in [-0.39, 0.29) is 23.9 Å². The first-order chi connectivity index (χ1) is 23.7. The Labute approximate surface area is 300 Å². The number of rotatable bonds is 13. The van der Waals surface area contributed by atoms with Crippen molar-refractivity contribution in [3.05, 3.63) is 80.8 Å². The zero-order chi connectivity index (χ0) is 34.5. The first-order valence-corrected chi connectivity index (χ1v) is 17.2. The Morgan fingerprint density at radius 2 is 1.18 bits per heavy atom. The molecule has 4 N–H and O–H groups in total. The number of aromatic nitrogens is 2. The van der Waals surface area contributed by atoms with Gasteiger partial charge in [0.2, 0.25) is 23.6 Å². The van der Waals surface area contributed by atoms with Crippen LogP contribution in [0.15, 0.2) is 54.6 Å². The van der Waals surface area contributed by atoms with Crippen molar-refractivity contribution in [1.82, 2.24) is 31.2 Å². The van der Waals surface area contributed by atoms with E-state index in [9.17, 15) is 9.59 Å². The predicted octanol–water partition coefficient (Wildman–Crippen LogP) is 6.19. The summed E-state index contributed by atoms with van der Waals surface area (Å²) in [7, 11) is 3.16. The number of carbonyl (C=O) groups excluding carboxylic acids is 2. The fraction of sp³-hybridized carbons (Fsp3) is 0.333. The van der Waals surface area contributed by atoms with Crippen LogP contribution in [0.2, 0.25) is 15.1 Å². The average Bonchev–Trinajstić information content (AvgIpc) is 3.72. The predicted molar refractivity (Wildman–Crippen MR) is 192 cm³/mol. The normalized spacial score (nSPS) is 17.2. The minimum Gasteiger partial charge on any atom is -0.481 e. The number of hydrogen-bond acceptors (Lipinski definition) is 8. The molecule has 2 fully saturated rings. The molecule has 2 saturated heterocycles. The standard InChI is InChI=1S/C36H37Cl3N6O4/c1-48-35-20(16-40-18-23-8-12-31(46)42-23)6-10-29(44-35)26-5-3-4-25(33(26)38)27-14-22(37)15-28(34(27)39)30-11-7-21(36(45-30)49-2)17-41-19-24-9-13-32(47)43-24/h3-7,10-11,14-15,23-24,40-41H,8-9,12-13,16-19H2,1-2H3,(H,42,46)(H,43,47)/t23-,24-/m0/s1. The van der Waals surface area contributed by atoms with E-state index >= 15 is 0 Å². The molecule has 0 unspecified atom stereocenters. The Morgan fingerprint density at radius 1 is 0.694 bits per heavy atom. The molecule has 256 valence electrons. The number of nitrogens with zero attached hydrogens (tertiary/aromatic N) is 2. The lowest BCUT2D eigenvalue weighted by Gasteiger charge is -2.17. The summed E-state index contributed by atoms with van der Waals surface area (Å²) in [6.45, 7) is 2.38. The molecule has 2 aromatic carbocycles. The molecule has 0 saturated carbocycles. The maximum Gasteiger partial charge on any atom is 0.220 e. The van der Waals surface area contributed by atoms with Crippen molar-refractivity contribution < 1.29 is 19.1 Å². The molecule has 6 rings (SSSR count). The number of benzene rings is 2. The van der Waals surface area contributed by atoms with Crippen LogP contribution in [0.25, 0.3) is 33.6 Å². The van der Waals surface area contributed by atoms with Crippen molar-refractivity contribution in [2.24, 2.45) is 0 Å². The Hall–Kier alpha value is -3.93. The highest BCUT2D eigenvalue weighted by Gasteiger charge is 2.23. The highest BCUT2D eigenvalue weighted by Crippen LogP contribution is 2.44. The van der Waals surface area contributed by atoms with E-state index < -0.39 is 0 Å². The van der Waals surface area contributed by atoms with Crippen molar-refractivity contribution in [2.45, 2.75) is 50.9 Å². The molecule has 10 nitrogen and oxygen atoms in total. The second-order valence-electron chi connectivity index (χ2n) is 12.1. The van der Waals surface area contributed by atoms with Crippen LogP contribution in [0, 0.1) is 0 Å². The Bertz CT molecular complexity index is 1870. The van der Waals surface area contributed by atoms with Crippen molar-refractivity contribution in [3.63, 3.8) is 0 Å². The van der Waals surface area contributed by atoms with Crippen LogP contribution in [0.5, 0.6) is 11.8 Å². The highest BCUT2D eigenvalue weighted by atomic mass is 35.5. The monoisotopic (exact) mass is 722 g/mol. The number of carbonyl (C=O) groups is 2. The summed E-state index contributed by atoms with van der Waals surface area (Å²) < 4.78 is 11.3. The third-order valence-corrected chi connectivity index (χ3v) is 9.76. The molecule has 2 amide bonds. The molecular weight excluding hydrogens is 687 g/mol.